The van der Waals surface area contributed by atoms with Crippen molar-refractivity contribution < 1.29 is 10.2 Å². The molecule has 0 heterocycles. The molecule has 0 aliphatic heterocycles. The Hall–Kier alpha value is -0.0300. The molecular weight excluding hydrogens is 276 g/mol. The molecule has 84 valence electrons. The summed E-state index contributed by atoms with van der Waals surface area (Å²) >= 11 is 7.37. The summed E-state index contributed by atoms with van der Waals surface area (Å²) < 4.78 is 0. The number of hydrogen-bond donors (Lipinski definition) is 3. The molecule has 0 aromatic heterocycles. The van der Waals surface area contributed by atoms with Crippen LogP contribution in [0.5, 0.6) is 0 Å². The van der Waals surface area contributed by atoms with Gasteiger partial charge >= 0.3 is 0 Å². The standard InChI is InChI=1S/C11H15BrO2S/c12-7-8-1-3-9(4-2-8)11(14)10(13)5-6-15/h1-4,10-11,13-15H,5-7H2. The Morgan fingerprint density at radius 3 is 2.27 bits per heavy atom. The Kier molecular flexibility index (Phi) is 5.68. The molecule has 1 aromatic rings. The SMILES string of the molecule is OC(CCS)C(O)c1ccc(CBr)cc1. The van der Waals surface area contributed by atoms with E-state index in [1.165, 1.54) is 0 Å². The summed E-state index contributed by atoms with van der Waals surface area (Å²) in [5.74, 6) is 0.567. The first-order valence-electron chi connectivity index (χ1n) is 4.81. The maximum absolute atomic E-state index is 9.79. The van der Waals surface area contributed by atoms with Crippen LogP contribution >= 0.6 is 28.6 Å². The summed E-state index contributed by atoms with van der Waals surface area (Å²) in [4.78, 5) is 0. The van der Waals surface area contributed by atoms with Crippen LogP contribution in [0.3, 0.4) is 0 Å². The zero-order valence-electron chi connectivity index (χ0n) is 8.31. The van der Waals surface area contributed by atoms with Gasteiger partial charge in [0.1, 0.15) is 6.10 Å². The minimum Gasteiger partial charge on any atom is -0.390 e. The van der Waals surface area contributed by atoms with Gasteiger partial charge in [-0.05, 0) is 23.3 Å². The molecule has 0 saturated carbocycles. The number of aliphatic hydroxyl groups excluding tert-OH is 2. The van der Waals surface area contributed by atoms with Crippen LogP contribution in [-0.4, -0.2) is 22.1 Å². The fourth-order valence-corrected chi connectivity index (χ4v) is 1.95. The monoisotopic (exact) mass is 290 g/mol. The lowest BCUT2D eigenvalue weighted by atomic mass is 10.0. The maximum atomic E-state index is 9.79. The number of hydrogen-bond acceptors (Lipinski definition) is 3. The second-order valence-corrected chi connectivity index (χ2v) is 4.41. The minimum atomic E-state index is -0.818. The van der Waals surface area contributed by atoms with Gasteiger partial charge in [-0.2, -0.15) is 12.6 Å². The van der Waals surface area contributed by atoms with E-state index in [-0.39, 0.29) is 0 Å². The average molecular weight is 291 g/mol. The molecule has 0 bridgehead atoms. The molecule has 2 atom stereocenters. The number of alkyl halides is 1. The normalized spacial score (nSPS) is 14.9. The minimum absolute atomic E-state index is 0.491. The lowest BCUT2D eigenvalue weighted by molar-refractivity contribution is 0.0172. The summed E-state index contributed by atoms with van der Waals surface area (Å²) in [7, 11) is 0. The predicted octanol–water partition coefficient (Wildman–Crippen LogP) is 2.30. The van der Waals surface area contributed by atoms with Gasteiger partial charge < -0.3 is 10.2 Å². The lowest BCUT2D eigenvalue weighted by Gasteiger charge is -2.17. The van der Waals surface area contributed by atoms with Crippen molar-refractivity contribution in [3.05, 3.63) is 35.4 Å². The fourth-order valence-electron chi connectivity index (χ4n) is 1.32. The van der Waals surface area contributed by atoms with Crippen molar-refractivity contribution in [2.45, 2.75) is 24.0 Å². The number of halogens is 1. The third-order valence-electron chi connectivity index (χ3n) is 2.26. The highest BCUT2D eigenvalue weighted by Crippen LogP contribution is 2.20. The highest BCUT2D eigenvalue weighted by Gasteiger charge is 2.16. The second kappa shape index (κ2) is 6.53. The van der Waals surface area contributed by atoms with Crippen LogP contribution in [-0.2, 0) is 5.33 Å². The molecular formula is C11H15BrO2S. The first-order chi connectivity index (χ1) is 7.19. The number of benzene rings is 1. The quantitative estimate of drug-likeness (QED) is 0.575. The number of rotatable bonds is 5. The van der Waals surface area contributed by atoms with Gasteiger partial charge in [0.15, 0.2) is 0 Å². The van der Waals surface area contributed by atoms with E-state index in [2.05, 4.69) is 28.6 Å². The van der Waals surface area contributed by atoms with Gasteiger partial charge in [0.25, 0.3) is 0 Å². The van der Waals surface area contributed by atoms with Gasteiger partial charge in [0.05, 0.1) is 6.10 Å². The Labute approximate surface area is 104 Å². The third-order valence-corrected chi connectivity index (χ3v) is 3.17. The lowest BCUT2D eigenvalue weighted by Crippen LogP contribution is -2.18. The smallest absolute Gasteiger partial charge is 0.105 e. The zero-order chi connectivity index (χ0) is 11.3. The fraction of sp³-hybridized carbons (Fsp3) is 0.455. The van der Waals surface area contributed by atoms with E-state index in [1.54, 1.807) is 0 Å². The molecule has 15 heavy (non-hydrogen) atoms. The molecule has 0 amide bonds. The summed E-state index contributed by atoms with van der Waals surface area (Å²) in [5, 5.41) is 20.2. The van der Waals surface area contributed by atoms with E-state index in [0.717, 1.165) is 16.5 Å². The van der Waals surface area contributed by atoms with E-state index in [0.29, 0.717) is 12.2 Å². The van der Waals surface area contributed by atoms with E-state index in [1.807, 2.05) is 24.3 Å². The summed E-state index contributed by atoms with van der Waals surface area (Å²) in [6.45, 7) is 0. The van der Waals surface area contributed by atoms with Crippen LogP contribution in [0.4, 0.5) is 0 Å². The molecule has 2 N–H and O–H groups in total. The molecule has 0 aliphatic carbocycles. The van der Waals surface area contributed by atoms with Crippen molar-refractivity contribution in [3.63, 3.8) is 0 Å². The average Bonchev–Trinajstić information content (AvgIpc) is 2.28. The zero-order valence-corrected chi connectivity index (χ0v) is 10.8. The first-order valence-corrected chi connectivity index (χ1v) is 6.56. The van der Waals surface area contributed by atoms with Crippen LogP contribution < -0.4 is 0 Å². The van der Waals surface area contributed by atoms with Gasteiger partial charge in [-0.15, -0.1) is 0 Å². The van der Waals surface area contributed by atoms with Crippen molar-refractivity contribution in [1.29, 1.82) is 0 Å². The molecule has 1 rings (SSSR count). The summed E-state index contributed by atoms with van der Waals surface area (Å²) in [6.07, 6.45) is -1.07. The largest absolute Gasteiger partial charge is 0.390 e. The van der Waals surface area contributed by atoms with Crippen LogP contribution in [0.25, 0.3) is 0 Å². The van der Waals surface area contributed by atoms with Gasteiger partial charge in [-0.25, -0.2) is 0 Å². The molecule has 1 aromatic carbocycles. The van der Waals surface area contributed by atoms with Crippen LogP contribution in [0.15, 0.2) is 24.3 Å². The Bertz CT molecular complexity index is 289. The van der Waals surface area contributed by atoms with E-state index < -0.39 is 12.2 Å². The number of thiol groups is 1. The molecule has 0 radical (unpaired) electrons. The Morgan fingerprint density at radius 2 is 1.80 bits per heavy atom. The van der Waals surface area contributed by atoms with Gasteiger partial charge in [0.2, 0.25) is 0 Å². The third kappa shape index (κ3) is 3.79. The summed E-state index contributed by atoms with van der Waals surface area (Å²) in [6, 6.07) is 7.54. The van der Waals surface area contributed by atoms with Crippen molar-refractivity contribution in [2.24, 2.45) is 0 Å². The Morgan fingerprint density at radius 1 is 1.20 bits per heavy atom. The molecule has 2 nitrogen and oxygen atoms in total. The van der Waals surface area contributed by atoms with Gasteiger partial charge in [-0.1, -0.05) is 40.2 Å². The Balaban J connectivity index is 2.69. The van der Waals surface area contributed by atoms with Crippen molar-refractivity contribution in [2.75, 3.05) is 5.75 Å². The second-order valence-electron chi connectivity index (χ2n) is 3.40. The molecule has 4 heteroatoms. The van der Waals surface area contributed by atoms with E-state index in [9.17, 15) is 10.2 Å². The summed E-state index contributed by atoms with van der Waals surface area (Å²) in [5.41, 5.74) is 1.89. The van der Waals surface area contributed by atoms with Gasteiger partial charge in [0, 0.05) is 5.33 Å². The maximum Gasteiger partial charge on any atom is 0.105 e. The molecule has 0 fully saturated rings. The first kappa shape index (κ1) is 13.0. The highest BCUT2D eigenvalue weighted by molar-refractivity contribution is 9.08. The van der Waals surface area contributed by atoms with Crippen LogP contribution in [0, 0.1) is 0 Å². The van der Waals surface area contributed by atoms with E-state index in [4.69, 9.17) is 0 Å². The highest BCUT2D eigenvalue weighted by atomic mass is 79.9. The predicted molar refractivity (Wildman–Crippen MR) is 68.5 cm³/mol. The number of aliphatic hydroxyl groups is 2. The van der Waals surface area contributed by atoms with E-state index >= 15 is 0 Å². The topological polar surface area (TPSA) is 40.5 Å². The van der Waals surface area contributed by atoms with Crippen molar-refractivity contribution in [3.8, 4) is 0 Å². The molecule has 2 unspecified atom stereocenters. The van der Waals surface area contributed by atoms with Crippen LogP contribution in [0.2, 0.25) is 0 Å². The van der Waals surface area contributed by atoms with Crippen molar-refractivity contribution in [1.82, 2.24) is 0 Å². The molecule has 0 aliphatic rings. The van der Waals surface area contributed by atoms with Crippen molar-refractivity contribution >= 4 is 28.6 Å². The van der Waals surface area contributed by atoms with Gasteiger partial charge in [-0.3, -0.25) is 0 Å². The van der Waals surface area contributed by atoms with Crippen LogP contribution in [0.1, 0.15) is 23.7 Å². The molecule has 0 spiro atoms. The molecule has 0 saturated heterocycles.